The Bertz CT molecular complexity index is 1380. The maximum Gasteiger partial charge on any atom is 0.235 e. The predicted molar refractivity (Wildman–Crippen MR) is 129 cm³/mol. The summed E-state index contributed by atoms with van der Waals surface area (Å²) in [6.45, 7) is 1.84. The molecule has 2 aromatic rings. The molecule has 4 N–H and O–H groups in total. The van der Waals surface area contributed by atoms with Crippen LogP contribution < -0.4 is 5.73 Å². The second kappa shape index (κ2) is 8.39. The van der Waals surface area contributed by atoms with Gasteiger partial charge in [0.15, 0.2) is 34.7 Å². The minimum absolute atomic E-state index is 0.00510. The van der Waals surface area contributed by atoms with E-state index in [2.05, 4.69) is 4.98 Å². The van der Waals surface area contributed by atoms with Gasteiger partial charge in [-0.25, -0.2) is 0 Å². The molecule has 3 aliphatic carbocycles. The van der Waals surface area contributed by atoms with Gasteiger partial charge in [-0.15, -0.1) is 0 Å². The van der Waals surface area contributed by atoms with Crippen LogP contribution in [-0.2, 0) is 25.6 Å². The lowest BCUT2D eigenvalue weighted by Gasteiger charge is -2.52. The number of aryl methyl sites for hydroxylation is 1. The number of nitrogens with two attached hydrogens (primary N) is 1. The molecule has 2 fully saturated rings. The van der Waals surface area contributed by atoms with Gasteiger partial charge in [-0.05, 0) is 63.0 Å². The molecule has 37 heavy (non-hydrogen) atoms. The molecule has 0 spiro atoms. The second-order valence-corrected chi connectivity index (χ2v) is 10.5. The smallest absolute Gasteiger partial charge is 0.235 e. The Morgan fingerprint density at radius 3 is 2.41 bits per heavy atom. The van der Waals surface area contributed by atoms with E-state index in [9.17, 15) is 34.2 Å². The first-order chi connectivity index (χ1) is 17.4. The van der Waals surface area contributed by atoms with E-state index in [1.807, 2.05) is 19.1 Å². The first-order valence-corrected chi connectivity index (χ1v) is 12.0. The van der Waals surface area contributed by atoms with Crippen molar-refractivity contribution in [1.82, 2.24) is 9.88 Å². The maximum atomic E-state index is 13.8. The van der Waals surface area contributed by atoms with Crippen molar-refractivity contribution in [3.63, 3.8) is 0 Å². The third-order valence-electron chi connectivity index (χ3n) is 8.17. The number of aromatic hydroxyl groups is 1. The third kappa shape index (κ3) is 3.39. The molecule has 10 heteroatoms. The number of ketones is 4. The molecule has 1 aromatic heterocycles. The molecular weight excluding hydrogens is 478 g/mol. The number of hydrogen-bond donors (Lipinski definition) is 3. The van der Waals surface area contributed by atoms with Gasteiger partial charge in [-0.2, -0.15) is 0 Å². The van der Waals surface area contributed by atoms with Crippen LogP contribution in [0, 0.1) is 30.6 Å². The molecule has 3 aliphatic rings. The monoisotopic (exact) mass is 505 g/mol. The number of pyridine rings is 1. The van der Waals surface area contributed by atoms with Crippen molar-refractivity contribution in [3.8, 4) is 16.9 Å². The van der Waals surface area contributed by atoms with Crippen LogP contribution in [0.2, 0.25) is 0 Å². The van der Waals surface area contributed by atoms with Gasteiger partial charge in [-0.1, -0.05) is 12.1 Å². The number of hydrogen-bond acceptors (Lipinski definition) is 9. The Morgan fingerprint density at radius 2 is 1.81 bits per heavy atom. The highest BCUT2D eigenvalue weighted by Gasteiger charge is 2.69. The van der Waals surface area contributed by atoms with Gasteiger partial charge in [0, 0.05) is 23.4 Å². The van der Waals surface area contributed by atoms with Gasteiger partial charge < -0.3 is 15.9 Å². The zero-order chi connectivity index (χ0) is 27.0. The molecule has 2 saturated carbocycles. The second-order valence-electron chi connectivity index (χ2n) is 10.5. The highest BCUT2D eigenvalue weighted by molar-refractivity contribution is 6.32. The fourth-order valence-electron chi connectivity index (χ4n) is 6.50. The van der Waals surface area contributed by atoms with Crippen molar-refractivity contribution in [2.45, 2.75) is 31.4 Å². The predicted octanol–water partition coefficient (Wildman–Crippen LogP) is 0.237. The van der Waals surface area contributed by atoms with E-state index in [-0.39, 0.29) is 24.2 Å². The average Bonchev–Trinajstić information content (AvgIpc) is 2.82. The Hall–Kier alpha value is -3.76. The zero-order valence-electron chi connectivity index (χ0n) is 20.6. The molecule has 0 bridgehead atoms. The summed E-state index contributed by atoms with van der Waals surface area (Å²) in [7, 11) is 3.10. The summed E-state index contributed by atoms with van der Waals surface area (Å²) in [5.74, 6) is -10.6. The normalized spacial score (nSPS) is 31.1. The first kappa shape index (κ1) is 24.9. The summed E-state index contributed by atoms with van der Waals surface area (Å²) >= 11 is 0. The summed E-state index contributed by atoms with van der Waals surface area (Å²) in [6, 6.07) is 5.59. The van der Waals surface area contributed by atoms with Crippen molar-refractivity contribution in [2.24, 2.45) is 29.4 Å². The summed E-state index contributed by atoms with van der Waals surface area (Å²) < 4.78 is 0. The maximum absolute atomic E-state index is 13.8. The number of carbonyl (C=O) groups is 5. The molecule has 5 rings (SSSR count). The molecule has 0 radical (unpaired) electrons. The quantitative estimate of drug-likeness (QED) is 0.495. The van der Waals surface area contributed by atoms with Crippen molar-refractivity contribution >= 4 is 29.0 Å². The van der Waals surface area contributed by atoms with Crippen LogP contribution >= 0.6 is 0 Å². The minimum Gasteiger partial charge on any atom is -0.507 e. The number of carbonyl (C=O) groups excluding carboxylic acids is 5. The van der Waals surface area contributed by atoms with Gasteiger partial charge >= 0.3 is 0 Å². The largest absolute Gasteiger partial charge is 0.507 e. The SMILES string of the molecule is Cc1ccc(-c2ccc(O)c3c2C[C@H]2C[C@H]4[C@H](N(C)C)C(=O)C(C(N)=O)C(=O)[C@@]4(O)C(=O)C2C3=O)cn1. The van der Waals surface area contributed by atoms with Crippen LogP contribution in [0.15, 0.2) is 30.5 Å². The van der Waals surface area contributed by atoms with Crippen LogP contribution in [0.5, 0.6) is 5.75 Å². The van der Waals surface area contributed by atoms with Crippen LogP contribution in [0.3, 0.4) is 0 Å². The third-order valence-corrected chi connectivity index (χ3v) is 8.17. The van der Waals surface area contributed by atoms with E-state index in [0.717, 1.165) is 11.3 Å². The van der Waals surface area contributed by atoms with Crippen LogP contribution in [0.25, 0.3) is 11.1 Å². The van der Waals surface area contributed by atoms with Gasteiger partial charge in [0.1, 0.15) is 5.75 Å². The number of benzene rings is 1. The summed E-state index contributed by atoms with van der Waals surface area (Å²) in [4.78, 5) is 71.9. The fraction of sp³-hybridized carbons (Fsp3) is 0.407. The van der Waals surface area contributed by atoms with E-state index in [0.29, 0.717) is 11.1 Å². The Balaban J connectivity index is 1.66. The number of fused-ring (bicyclic) bond motifs is 3. The topological polar surface area (TPSA) is 168 Å². The summed E-state index contributed by atoms with van der Waals surface area (Å²) in [6.07, 6.45) is 1.86. The van der Waals surface area contributed by atoms with Gasteiger partial charge in [0.25, 0.3) is 0 Å². The standard InChI is InChI=1S/C27H27N3O7/c1-11-4-5-12(10-29-11)14-6-7-17(31)19-15(14)8-13-9-16-21(30(2)3)23(33)20(26(28)36)25(35)27(16,37)24(34)18(13)22(19)32/h4-7,10,13,16,18,20-21,31,37H,8-9H2,1-3H3,(H2,28,36)/t13-,16-,18?,20?,21-,27-/m0/s1. The molecule has 1 aromatic carbocycles. The van der Waals surface area contributed by atoms with Crippen molar-refractivity contribution in [3.05, 3.63) is 47.3 Å². The number of likely N-dealkylation sites (N-methyl/N-ethyl adjacent to an activating group) is 1. The molecule has 0 saturated heterocycles. The molecule has 0 aliphatic heterocycles. The number of rotatable bonds is 3. The summed E-state index contributed by atoms with van der Waals surface area (Å²) in [5.41, 5.74) is 5.31. The number of Topliss-reactive ketones (excluding diaryl/α,β-unsaturated/α-hetero) is 4. The Kier molecular flexibility index (Phi) is 5.65. The number of phenolic OH excluding ortho intramolecular Hbond substituents is 1. The number of amides is 1. The van der Waals surface area contributed by atoms with E-state index in [4.69, 9.17) is 5.73 Å². The van der Waals surface area contributed by atoms with Gasteiger partial charge in [0.05, 0.1) is 17.5 Å². The van der Waals surface area contributed by atoms with Gasteiger partial charge in [0.2, 0.25) is 5.91 Å². The lowest BCUT2D eigenvalue weighted by Crippen LogP contribution is -2.74. The fourth-order valence-corrected chi connectivity index (χ4v) is 6.50. The molecular formula is C27H27N3O7. The van der Waals surface area contributed by atoms with Crippen LogP contribution in [0.1, 0.15) is 28.0 Å². The lowest BCUT2D eigenvalue weighted by atomic mass is 9.52. The molecule has 1 amide bonds. The molecule has 1 heterocycles. The highest BCUT2D eigenvalue weighted by Crippen LogP contribution is 2.51. The van der Waals surface area contributed by atoms with E-state index < -0.39 is 64.4 Å². The molecule has 192 valence electrons. The van der Waals surface area contributed by atoms with E-state index in [1.165, 1.54) is 11.0 Å². The average molecular weight is 506 g/mol. The lowest BCUT2D eigenvalue weighted by molar-refractivity contribution is -0.181. The molecule has 6 atom stereocenters. The van der Waals surface area contributed by atoms with E-state index in [1.54, 1.807) is 26.4 Å². The Morgan fingerprint density at radius 1 is 1.11 bits per heavy atom. The number of nitrogens with zero attached hydrogens (tertiary/aromatic N) is 2. The Labute approximate surface area is 212 Å². The number of aliphatic hydroxyl groups is 1. The van der Waals surface area contributed by atoms with Crippen molar-refractivity contribution in [2.75, 3.05) is 14.1 Å². The van der Waals surface area contributed by atoms with E-state index >= 15 is 0 Å². The molecule has 2 unspecified atom stereocenters. The highest BCUT2D eigenvalue weighted by atomic mass is 16.3. The number of primary amides is 1. The summed E-state index contributed by atoms with van der Waals surface area (Å²) in [5, 5.41) is 22.3. The minimum atomic E-state index is -2.73. The zero-order valence-corrected chi connectivity index (χ0v) is 20.6. The number of phenols is 1. The van der Waals surface area contributed by atoms with Crippen LogP contribution in [-0.4, -0.2) is 74.9 Å². The number of aromatic nitrogens is 1. The van der Waals surface area contributed by atoms with Gasteiger partial charge in [-0.3, -0.25) is 33.9 Å². The molecule has 10 nitrogen and oxygen atoms in total. The van der Waals surface area contributed by atoms with Crippen LogP contribution in [0.4, 0.5) is 0 Å². The van der Waals surface area contributed by atoms with Crippen molar-refractivity contribution in [1.29, 1.82) is 0 Å². The first-order valence-electron chi connectivity index (χ1n) is 12.0. The van der Waals surface area contributed by atoms with Crippen molar-refractivity contribution < 1.29 is 34.2 Å².